The summed E-state index contributed by atoms with van der Waals surface area (Å²) in [4.78, 5) is 0. The first kappa shape index (κ1) is 24.1. The molecule has 1 aromatic heterocycles. The Balaban J connectivity index is 0.000000142. The molecule has 7 aromatic rings. The van der Waals surface area contributed by atoms with E-state index < -0.39 is 0 Å². The molecule has 3 nitrogen and oxygen atoms in total. The Bertz CT molecular complexity index is 1800. The number of nitrogen functional groups attached to an aromatic ring is 2. The third-order valence-electron chi connectivity index (χ3n) is 6.94. The van der Waals surface area contributed by atoms with Crippen LogP contribution in [0.4, 0.5) is 11.4 Å². The minimum absolute atomic E-state index is 0.767. The molecule has 0 atom stereocenters. The van der Waals surface area contributed by atoms with Crippen molar-refractivity contribution in [2.45, 2.75) is 0 Å². The third-order valence-corrected chi connectivity index (χ3v) is 6.94. The van der Waals surface area contributed by atoms with Crippen molar-refractivity contribution in [1.82, 2.24) is 4.57 Å². The number of benzene rings is 6. The van der Waals surface area contributed by atoms with Crippen LogP contribution in [0.3, 0.4) is 0 Å². The third kappa shape index (κ3) is 4.86. The first-order valence-corrected chi connectivity index (χ1v) is 13.0. The standard InChI is InChI=1S/C18H16N2.C18H13N/c19-15-8-6-14(7-9-15)17-11-10-16(20)12-18(17)13-4-2-1-3-5-13;1-2-8-14(9-3-1)19-17-12-6-4-10-15(17)16-11-5-7-13-18(16)19/h1-12H,19-20H2;1-13H. The second-order valence-electron chi connectivity index (χ2n) is 9.50. The minimum atomic E-state index is 0.767. The second-order valence-corrected chi connectivity index (χ2v) is 9.50. The molecular weight excluding hydrogens is 474 g/mol. The molecule has 0 unspecified atom stereocenters. The van der Waals surface area contributed by atoms with Gasteiger partial charge in [-0.3, -0.25) is 0 Å². The summed E-state index contributed by atoms with van der Waals surface area (Å²) in [6.45, 7) is 0. The van der Waals surface area contributed by atoms with Gasteiger partial charge < -0.3 is 16.0 Å². The lowest BCUT2D eigenvalue weighted by Gasteiger charge is -2.11. The average molecular weight is 504 g/mol. The molecule has 0 aliphatic heterocycles. The van der Waals surface area contributed by atoms with Gasteiger partial charge in [0, 0.05) is 27.8 Å². The van der Waals surface area contributed by atoms with E-state index in [2.05, 4.69) is 102 Å². The zero-order valence-corrected chi connectivity index (χ0v) is 21.5. The van der Waals surface area contributed by atoms with Gasteiger partial charge in [0.2, 0.25) is 0 Å². The number of hydrogen-bond donors (Lipinski definition) is 2. The van der Waals surface area contributed by atoms with Crippen molar-refractivity contribution >= 4 is 33.2 Å². The van der Waals surface area contributed by atoms with Crippen molar-refractivity contribution < 1.29 is 0 Å². The second kappa shape index (κ2) is 10.6. The summed E-state index contributed by atoms with van der Waals surface area (Å²) < 4.78 is 2.32. The van der Waals surface area contributed by atoms with Gasteiger partial charge in [-0.2, -0.15) is 0 Å². The largest absolute Gasteiger partial charge is 0.399 e. The predicted octanol–water partition coefficient (Wildman–Crippen LogP) is 8.97. The molecular formula is C36H29N3. The molecule has 7 rings (SSSR count). The van der Waals surface area contributed by atoms with Crippen LogP contribution in [0.5, 0.6) is 0 Å². The zero-order chi connectivity index (χ0) is 26.6. The number of nitrogens with two attached hydrogens (primary N) is 2. The number of para-hydroxylation sites is 3. The van der Waals surface area contributed by atoms with E-state index in [0.29, 0.717) is 0 Å². The Kier molecular flexibility index (Phi) is 6.55. The van der Waals surface area contributed by atoms with E-state index in [0.717, 1.165) is 33.6 Å². The topological polar surface area (TPSA) is 57.0 Å². The summed E-state index contributed by atoms with van der Waals surface area (Å²) >= 11 is 0. The molecule has 0 saturated heterocycles. The highest BCUT2D eigenvalue weighted by Gasteiger charge is 2.10. The highest BCUT2D eigenvalue weighted by molar-refractivity contribution is 6.09. The van der Waals surface area contributed by atoms with Crippen LogP contribution < -0.4 is 11.5 Å². The number of hydrogen-bond acceptors (Lipinski definition) is 2. The molecule has 4 N–H and O–H groups in total. The summed E-state index contributed by atoms with van der Waals surface area (Å²) in [5.74, 6) is 0. The molecule has 0 amide bonds. The van der Waals surface area contributed by atoms with Crippen molar-refractivity contribution in [3.63, 3.8) is 0 Å². The van der Waals surface area contributed by atoms with E-state index in [9.17, 15) is 0 Å². The van der Waals surface area contributed by atoms with Gasteiger partial charge >= 0.3 is 0 Å². The van der Waals surface area contributed by atoms with Crippen molar-refractivity contribution in [2.24, 2.45) is 0 Å². The van der Waals surface area contributed by atoms with E-state index in [1.807, 2.05) is 54.6 Å². The van der Waals surface area contributed by atoms with Gasteiger partial charge in [-0.15, -0.1) is 0 Å². The SMILES string of the molecule is Nc1ccc(-c2ccc(N)cc2-c2ccccc2)cc1.c1ccc(-n2c3ccccc3c3ccccc32)cc1. The van der Waals surface area contributed by atoms with Gasteiger partial charge in [0.05, 0.1) is 11.0 Å². The molecule has 0 spiro atoms. The summed E-state index contributed by atoms with van der Waals surface area (Å²) in [7, 11) is 0. The van der Waals surface area contributed by atoms with Crippen molar-refractivity contribution in [3.05, 3.63) is 152 Å². The minimum Gasteiger partial charge on any atom is -0.399 e. The van der Waals surface area contributed by atoms with Crippen LogP contribution in [0.2, 0.25) is 0 Å². The van der Waals surface area contributed by atoms with Crippen molar-refractivity contribution in [3.8, 4) is 27.9 Å². The van der Waals surface area contributed by atoms with Crippen LogP contribution in [0, 0.1) is 0 Å². The van der Waals surface area contributed by atoms with Gasteiger partial charge in [0.15, 0.2) is 0 Å². The highest BCUT2D eigenvalue weighted by atomic mass is 15.0. The zero-order valence-electron chi connectivity index (χ0n) is 21.5. The summed E-state index contributed by atoms with van der Waals surface area (Å²) in [5.41, 5.74) is 21.6. The monoisotopic (exact) mass is 503 g/mol. The maximum absolute atomic E-state index is 5.95. The number of nitrogens with zero attached hydrogens (tertiary/aromatic N) is 1. The molecule has 6 aromatic carbocycles. The molecule has 0 bridgehead atoms. The number of anilines is 2. The smallest absolute Gasteiger partial charge is 0.0541 e. The molecule has 1 heterocycles. The molecule has 0 fully saturated rings. The van der Waals surface area contributed by atoms with Crippen LogP contribution in [0.1, 0.15) is 0 Å². The molecule has 0 aliphatic rings. The van der Waals surface area contributed by atoms with Crippen molar-refractivity contribution in [1.29, 1.82) is 0 Å². The van der Waals surface area contributed by atoms with E-state index >= 15 is 0 Å². The quantitative estimate of drug-likeness (QED) is 0.236. The van der Waals surface area contributed by atoms with Crippen molar-refractivity contribution in [2.75, 3.05) is 11.5 Å². The number of rotatable bonds is 3. The van der Waals surface area contributed by atoms with Gasteiger partial charge in [0.25, 0.3) is 0 Å². The lowest BCUT2D eigenvalue weighted by Crippen LogP contribution is -1.92. The first-order chi connectivity index (χ1) is 19.2. The van der Waals surface area contributed by atoms with Crippen LogP contribution in [-0.2, 0) is 0 Å². The van der Waals surface area contributed by atoms with Crippen LogP contribution in [0.25, 0.3) is 49.7 Å². The number of fused-ring (bicyclic) bond motifs is 3. The maximum atomic E-state index is 5.95. The Labute approximate surface area is 228 Å². The number of aromatic nitrogens is 1. The average Bonchev–Trinajstić information content (AvgIpc) is 3.33. The Morgan fingerprint density at radius 1 is 0.385 bits per heavy atom. The van der Waals surface area contributed by atoms with E-state index in [1.165, 1.54) is 27.5 Å². The Morgan fingerprint density at radius 3 is 1.49 bits per heavy atom. The molecule has 39 heavy (non-hydrogen) atoms. The van der Waals surface area contributed by atoms with Crippen LogP contribution >= 0.6 is 0 Å². The normalized spacial score (nSPS) is 10.8. The van der Waals surface area contributed by atoms with Gasteiger partial charge in [-0.1, -0.05) is 103 Å². The fourth-order valence-electron chi connectivity index (χ4n) is 5.11. The first-order valence-electron chi connectivity index (χ1n) is 13.0. The van der Waals surface area contributed by atoms with E-state index in [4.69, 9.17) is 11.5 Å². The maximum Gasteiger partial charge on any atom is 0.0541 e. The molecule has 188 valence electrons. The Hall–Kier alpha value is -5.28. The summed E-state index contributed by atoms with van der Waals surface area (Å²) in [6, 6.07) is 51.8. The van der Waals surface area contributed by atoms with E-state index in [-0.39, 0.29) is 0 Å². The fraction of sp³-hybridized carbons (Fsp3) is 0. The van der Waals surface area contributed by atoms with Crippen LogP contribution in [0.15, 0.2) is 152 Å². The molecule has 0 radical (unpaired) electrons. The Morgan fingerprint density at radius 2 is 0.872 bits per heavy atom. The molecule has 0 aliphatic carbocycles. The lowest BCUT2D eigenvalue weighted by molar-refractivity contribution is 1.18. The summed E-state index contributed by atoms with van der Waals surface area (Å²) in [5, 5.41) is 2.61. The van der Waals surface area contributed by atoms with E-state index in [1.54, 1.807) is 0 Å². The lowest BCUT2D eigenvalue weighted by atomic mass is 9.94. The van der Waals surface area contributed by atoms with Gasteiger partial charge in [-0.05, 0) is 70.8 Å². The highest BCUT2D eigenvalue weighted by Crippen LogP contribution is 2.34. The molecule has 3 heteroatoms. The van der Waals surface area contributed by atoms with Gasteiger partial charge in [0.1, 0.15) is 0 Å². The fourth-order valence-corrected chi connectivity index (χ4v) is 5.11. The summed E-state index contributed by atoms with van der Waals surface area (Å²) in [6.07, 6.45) is 0. The van der Waals surface area contributed by atoms with Crippen LogP contribution in [-0.4, -0.2) is 4.57 Å². The van der Waals surface area contributed by atoms with Gasteiger partial charge in [-0.25, -0.2) is 0 Å². The predicted molar refractivity (Wildman–Crippen MR) is 167 cm³/mol. The molecule has 0 saturated carbocycles.